The van der Waals surface area contributed by atoms with Crippen LogP contribution in [-0.2, 0) is 0 Å². The first-order chi connectivity index (χ1) is 7.31. The molecule has 1 rings (SSSR count). The maximum atomic E-state index is 12.1. The van der Waals surface area contributed by atoms with E-state index in [1.165, 1.54) is 12.1 Å². The maximum Gasteiger partial charge on any atom is 0.573 e. The van der Waals surface area contributed by atoms with E-state index in [2.05, 4.69) is 4.74 Å². The molecule has 0 saturated heterocycles. The van der Waals surface area contributed by atoms with Gasteiger partial charge in [0.15, 0.2) is 0 Å². The molecule has 1 aromatic rings. The molecule has 2 unspecified atom stereocenters. The minimum absolute atomic E-state index is 0.181. The highest BCUT2D eigenvalue weighted by molar-refractivity contribution is 5.36. The molecule has 2 N–H and O–H groups in total. The molecule has 0 radical (unpaired) electrons. The van der Waals surface area contributed by atoms with E-state index in [0.29, 0.717) is 5.56 Å². The highest BCUT2D eigenvalue weighted by Gasteiger charge is 2.32. The zero-order valence-electron chi connectivity index (χ0n) is 9.08. The van der Waals surface area contributed by atoms with Crippen molar-refractivity contribution < 1.29 is 17.9 Å². The molecule has 0 aromatic heterocycles. The molecule has 0 bridgehead atoms. The number of nitrogens with two attached hydrogens (primary N) is 1. The number of ether oxygens (including phenoxy) is 1. The molecule has 2 nitrogen and oxygen atoms in total. The normalized spacial score (nSPS) is 15.6. The predicted molar refractivity (Wildman–Crippen MR) is 55.2 cm³/mol. The summed E-state index contributed by atoms with van der Waals surface area (Å²) in [5.74, 6) is -0.377. The summed E-state index contributed by atoms with van der Waals surface area (Å²) in [5.41, 5.74) is 6.13. The van der Waals surface area contributed by atoms with Crippen molar-refractivity contribution >= 4 is 0 Å². The smallest absolute Gasteiger partial charge is 0.405 e. The standard InChI is InChI=1S/C11H14F3NO/c1-7(8(2)15)9-5-3-4-6-10(9)16-11(12,13)14/h3-8H,15H2,1-2H3. The molecule has 0 saturated carbocycles. The van der Waals surface area contributed by atoms with Crippen LogP contribution in [0.4, 0.5) is 13.2 Å². The maximum absolute atomic E-state index is 12.1. The summed E-state index contributed by atoms with van der Waals surface area (Å²) in [6.07, 6.45) is -4.67. The van der Waals surface area contributed by atoms with Gasteiger partial charge in [-0.1, -0.05) is 25.1 Å². The Kier molecular flexibility index (Phi) is 3.80. The van der Waals surface area contributed by atoms with Gasteiger partial charge >= 0.3 is 6.36 Å². The van der Waals surface area contributed by atoms with Crippen LogP contribution in [0.2, 0.25) is 0 Å². The molecule has 1 aromatic carbocycles. The summed E-state index contributed by atoms with van der Waals surface area (Å²) in [5, 5.41) is 0. The number of benzene rings is 1. The lowest BCUT2D eigenvalue weighted by Crippen LogP contribution is -2.24. The number of rotatable bonds is 3. The van der Waals surface area contributed by atoms with Crippen molar-refractivity contribution in [1.29, 1.82) is 0 Å². The number of halogens is 3. The Bertz CT molecular complexity index is 349. The summed E-state index contributed by atoms with van der Waals surface area (Å²) in [6, 6.07) is 5.81. The molecule has 0 aliphatic carbocycles. The quantitative estimate of drug-likeness (QED) is 0.870. The molecule has 0 spiro atoms. The second-order valence-corrected chi connectivity index (χ2v) is 3.73. The molecule has 90 valence electrons. The molecule has 0 fully saturated rings. The molecule has 16 heavy (non-hydrogen) atoms. The lowest BCUT2D eigenvalue weighted by molar-refractivity contribution is -0.275. The lowest BCUT2D eigenvalue weighted by atomic mass is 9.94. The third-order valence-corrected chi connectivity index (χ3v) is 2.42. The SMILES string of the molecule is CC(N)C(C)c1ccccc1OC(F)(F)F. The van der Waals surface area contributed by atoms with Crippen LogP contribution in [0.15, 0.2) is 24.3 Å². The summed E-state index contributed by atoms with van der Waals surface area (Å²) in [7, 11) is 0. The highest BCUT2D eigenvalue weighted by Crippen LogP contribution is 2.31. The van der Waals surface area contributed by atoms with Crippen molar-refractivity contribution in [3.8, 4) is 5.75 Å². The van der Waals surface area contributed by atoms with Gasteiger partial charge in [-0.2, -0.15) is 0 Å². The van der Waals surface area contributed by atoms with Crippen LogP contribution in [0.5, 0.6) is 5.75 Å². The number of hydrogen-bond acceptors (Lipinski definition) is 2. The van der Waals surface area contributed by atoms with Gasteiger partial charge in [-0.15, -0.1) is 13.2 Å². The second-order valence-electron chi connectivity index (χ2n) is 3.73. The van der Waals surface area contributed by atoms with E-state index in [4.69, 9.17) is 5.73 Å². The van der Waals surface area contributed by atoms with Gasteiger partial charge in [0, 0.05) is 6.04 Å². The van der Waals surface area contributed by atoms with Crippen LogP contribution in [0.1, 0.15) is 25.3 Å². The molecular weight excluding hydrogens is 219 g/mol. The first kappa shape index (κ1) is 12.8. The van der Waals surface area contributed by atoms with Crippen molar-refractivity contribution in [2.24, 2.45) is 5.73 Å². The van der Waals surface area contributed by atoms with Gasteiger partial charge < -0.3 is 10.5 Å². The fourth-order valence-electron chi connectivity index (χ4n) is 1.36. The van der Waals surface area contributed by atoms with E-state index >= 15 is 0 Å². The van der Waals surface area contributed by atoms with Gasteiger partial charge in [0.25, 0.3) is 0 Å². The van der Waals surface area contributed by atoms with Crippen LogP contribution in [-0.4, -0.2) is 12.4 Å². The molecule has 5 heteroatoms. The Labute approximate surface area is 92.2 Å². The predicted octanol–water partition coefficient (Wildman–Crippen LogP) is 3.04. The average Bonchev–Trinajstić information content (AvgIpc) is 2.15. The monoisotopic (exact) mass is 233 g/mol. The van der Waals surface area contributed by atoms with Gasteiger partial charge in [-0.05, 0) is 24.5 Å². The fourth-order valence-corrected chi connectivity index (χ4v) is 1.36. The van der Waals surface area contributed by atoms with Crippen molar-refractivity contribution in [2.45, 2.75) is 32.2 Å². The zero-order chi connectivity index (χ0) is 12.3. The van der Waals surface area contributed by atoms with E-state index in [0.717, 1.165) is 0 Å². The third kappa shape index (κ3) is 3.41. The largest absolute Gasteiger partial charge is 0.573 e. The van der Waals surface area contributed by atoms with Crippen LogP contribution in [0, 0.1) is 0 Å². The Morgan fingerprint density at radius 1 is 1.19 bits per heavy atom. The minimum atomic E-state index is -4.67. The third-order valence-electron chi connectivity index (χ3n) is 2.42. The Balaban J connectivity index is 3.01. The molecular formula is C11H14F3NO. The second kappa shape index (κ2) is 4.74. The van der Waals surface area contributed by atoms with Crippen LogP contribution < -0.4 is 10.5 Å². The molecule has 0 aliphatic heterocycles. The van der Waals surface area contributed by atoms with Gasteiger partial charge in [0.05, 0.1) is 0 Å². The van der Waals surface area contributed by atoms with Gasteiger partial charge in [0.2, 0.25) is 0 Å². The highest BCUT2D eigenvalue weighted by atomic mass is 19.4. The zero-order valence-corrected chi connectivity index (χ0v) is 9.08. The fraction of sp³-hybridized carbons (Fsp3) is 0.455. The minimum Gasteiger partial charge on any atom is -0.405 e. The molecule has 0 amide bonds. The number of para-hydroxylation sites is 1. The summed E-state index contributed by atoms with van der Waals surface area (Å²) < 4.78 is 40.3. The van der Waals surface area contributed by atoms with Crippen molar-refractivity contribution in [1.82, 2.24) is 0 Å². The van der Waals surface area contributed by atoms with Crippen LogP contribution >= 0.6 is 0 Å². The van der Waals surface area contributed by atoms with E-state index < -0.39 is 6.36 Å². The first-order valence-electron chi connectivity index (χ1n) is 4.91. The first-order valence-corrected chi connectivity index (χ1v) is 4.91. The van der Waals surface area contributed by atoms with E-state index in [1.807, 2.05) is 0 Å². The van der Waals surface area contributed by atoms with E-state index in [9.17, 15) is 13.2 Å². The number of alkyl halides is 3. The topological polar surface area (TPSA) is 35.2 Å². The Hall–Kier alpha value is -1.23. The summed E-state index contributed by atoms with van der Waals surface area (Å²) in [4.78, 5) is 0. The van der Waals surface area contributed by atoms with Crippen molar-refractivity contribution in [2.75, 3.05) is 0 Å². The van der Waals surface area contributed by atoms with Crippen molar-refractivity contribution in [3.63, 3.8) is 0 Å². The van der Waals surface area contributed by atoms with Crippen LogP contribution in [0.25, 0.3) is 0 Å². The van der Waals surface area contributed by atoms with Crippen LogP contribution in [0.3, 0.4) is 0 Å². The van der Waals surface area contributed by atoms with Crippen molar-refractivity contribution in [3.05, 3.63) is 29.8 Å². The summed E-state index contributed by atoms with van der Waals surface area (Å²) >= 11 is 0. The average molecular weight is 233 g/mol. The Morgan fingerprint density at radius 2 is 1.75 bits per heavy atom. The molecule has 0 heterocycles. The van der Waals surface area contributed by atoms with E-state index in [-0.39, 0.29) is 17.7 Å². The lowest BCUT2D eigenvalue weighted by Gasteiger charge is -2.20. The number of hydrogen-bond donors (Lipinski definition) is 1. The molecule has 0 aliphatic rings. The Morgan fingerprint density at radius 3 is 2.25 bits per heavy atom. The van der Waals surface area contributed by atoms with Gasteiger partial charge in [0.1, 0.15) is 5.75 Å². The van der Waals surface area contributed by atoms with Gasteiger partial charge in [-0.25, -0.2) is 0 Å². The summed E-state index contributed by atoms with van der Waals surface area (Å²) in [6.45, 7) is 3.51. The molecule has 2 atom stereocenters. The van der Waals surface area contributed by atoms with Gasteiger partial charge in [-0.3, -0.25) is 0 Å². The van der Waals surface area contributed by atoms with E-state index in [1.54, 1.807) is 26.0 Å².